The topological polar surface area (TPSA) is 84.2 Å². The van der Waals surface area contributed by atoms with Crippen molar-refractivity contribution in [1.29, 1.82) is 0 Å². The molecule has 0 bridgehead atoms. The Kier molecular flexibility index (Phi) is 7.41. The summed E-state index contributed by atoms with van der Waals surface area (Å²) < 4.78 is 0. The highest BCUT2D eigenvalue weighted by Gasteiger charge is 2.13. The van der Waals surface area contributed by atoms with Crippen molar-refractivity contribution in [1.82, 2.24) is 10.6 Å². The highest BCUT2D eigenvalue weighted by atomic mass is 16.1. The molecular weight excluding hydrogens is 230 g/mol. The zero-order valence-electron chi connectivity index (χ0n) is 11.0. The number of amides is 2. The van der Waals surface area contributed by atoms with Crippen LogP contribution >= 0.6 is 0 Å². The van der Waals surface area contributed by atoms with Crippen LogP contribution in [0.25, 0.3) is 0 Å². The first-order valence-corrected chi connectivity index (χ1v) is 6.97. The maximum Gasteiger partial charge on any atom is 0.220 e. The predicted molar refractivity (Wildman–Crippen MR) is 70.9 cm³/mol. The number of nitrogens with two attached hydrogens (primary N) is 1. The minimum Gasteiger partial charge on any atom is -0.370 e. The number of carbonyl (C=O) groups excluding carboxylic acids is 2. The average molecular weight is 255 g/mol. The summed E-state index contributed by atoms with van der Waals surface area (Å²) in [5, 5.41) is 6.31. The first-order chi connectivity index (χ1) is 8.68. The van der Waals surface area contributed by atoms with Gasteiger partial charge in [-0.1, -0.05) is 6.42 Å². The van der Waals surface area contributed by atoms with Crippen LogP contribution < -0.4 is 16.4 Å². The molecule has 0 spiro atoms. The second-order valence-corrected chi connectivity index (χ2v) is 4.96. The Morgan fingerprint density at radius 1 is 1.22 bits per heavy atom. The molecule has 2 amide bonds. The molecule has 1 aliphatic heterocycles. The van der Waals surface area contributed by atoms with Gasteiger partial charge in [-0.3, -0.25) is 9.59 Å². The summed E-state index contributed by atoms with van der Waals surface area (Å²) in [4.78, 5) is 22.1. The molecule has 5 nitrogen and oxygen atoms in total. The van der Waals surface area contributed by atoms with Crippen molar-refractivity contribution >= 4 is 11.8 Å². The van der Waals surface area contributed by atoms with Crippen molar-refractivity contribution < 1.29 is 9.59 Å². The van der Waals surface area contributed by atoms with E-state index < -0.39 is 0 Å². The van der Waals surface area contributed by atoms with Gasteiger partial charge in [0.15, 0.2) is 0 Å². The molecule has 1 rings (SSSR count). The van der Waals surface area contributed by atoms with Crippen LogP contribution in [0.5, 0.6) is 0 Å². The summed E-state index contributed by atoms with van der Waals surface area (Å²) in [7, 11) is 0. The van der Waals surface area contributed by atoms with Crippen molar-refractivity contribution in [3.05, 3.63) is 0 Å². The molecule has 1 heterocycles. The predicted octanol–water partition coefficient (Wildman–Crippen LogP) is 0.680. The molecule has 0 radical (unpaired) electrons. The maximum atomic E-state index is 11.6. The van der Waals surface area contributed by atoms with Gasteiger partial charge < -0.3 is 16.4 Å². The van der Waals surface area contributed by atoms with E-state index in [-0.39, 0.29) is 11.8 Å². The van der Waals surface area contributed by atoms with E-state index >= 15 is 0 Å². The average Bonchev–Trinajstić information content (AvgIpc) is 2.37. The number of hydrogen-bond donors (Lipinski definition) is 3. The van der Waals surface area contributed by atoms with E-state index in [9.17, 15) is 9.59 Å². The zero-order chi connectivity index (χ0) is 13.2. The molecule has 1 aliphatic rings. The number of carbonyl (C=O) groups is 2. The summed E-state index contributed by atoms with van der Waals surface area (Å²) in [5.74, 6) is -0.161. The lowest BCUT2D eigenvalue weighted by atomic mass is 10.0. The fraction of sp³-hybridized carbons (Fsp3) is 0.846. The van der Waals surface area contributed by atoms with Gasteiger partial charge in [-0.2, -0.15) is 0 Å². The van der Waals surface area contributed by atoms with Gasteiger partial charge in [0.1, 0.15) is 0 Å². The van der Waals surface area contributed by atoms with E-state index in [0.717, 1.165) is 25.8 Å². The van der Waals surface area contributed by atoms with Crippen LogP contribution in [0.15, 0.2) is 0 Å². The normalized spacial score (nSPS) is 19.4. The Hall–Kier alpha value is -1.10. The smallest absolute Gasteiger partial charge is 0.220 e. The van der Waals surface area contributed by atoms with E-state index in [0.29, 0.717) is 25.4 Å². The molecule has 0 aromatic heterocycles. The second kappa shape index (κ2) is 8.91. The molecule has 104 valence electrons. The van der Waals surface area contributed by atoms with E-state index in [1.807, 2.05) is 0 Å². The van der Waals surface area contributed by atoms with Gasteiger partial charge in [-0.25, -0.2) is 0 Å². The van der Waals surface area contributed by atoms with E-state index in [4.69, 9.17) is 5.73 Å². The van der Waals surface area contributed by atoms with Crippen LogP contribution in [0, 0.1) is 0 Å². The second-order valence-electron chi connectivity index (χ2n) is 4.96. The highest BCUT2D eigenvalue weighted by Crippen LogP contribution is 2.11. The van der Waals surface area contributed by atoms with Crippen LogP contribution in [0.3, 0.4) is 0 Å². The summed E-state index contributed by atoms with van der Waals surface area (Å²) >= 11 is 0. The standard InChI is InChI=1S/C13H25N3O2/c14-12(17)6-2-4-10-16-13(18)8-7-11-5-1-3-9-15-11/h11,15H,1-10H2,(H2,14,17)(H,16,18). The fourth-order valence-corrected chi connectivity index (χ4v) is 2.22. The molecule has 0 aliphatic carbocycles. The quantitative estimate of drug-likeness (QED) is 0.558. The number of unbranched alkanes of at least 4 members (excludes halogenated alkanes) is 1. The molecular formula is C13H25N3O2. The lowest BCUT2D eigenvalue weighted by Gasteiger charge is -2.23. The van der Waals surface area contributed by atoms with Crippen molar-refractivity contribution in [3.63, 3.8) is 0 Å². The molecule has 1 atom stereocenters. The minimum atomic E-state index is -0.273. The third kappa shape index (κ3) is 7.27. The van der Waals surface area contributed by atoms with Crippen LogP contribution in [-0.2, 0) is 9.59 Å². The summed E-state index contributed by atoms with van der Waals surface area (Å²) in [6.07, 6.45) is 7.19. The molecule has 0 saturated carbocycles. The zero-order valence-corrected chi connectivity index (χ0v) is 11.0. The van der Waals surface area contributed by atoms with Crippen molar-refractivity contribution in [2.24, 2.45) is 5.73 Å². The summed E-state index contributed by atoms with van der Waals surface area (Å²) in [6.45, 7) is 1.73. The van der Waals surface area contributed by atoms with Crippen LogP contribution in [-0.4, -0.2) is 30.9 Å². The number of nitrogens with one attached hydrogen (secondary N) is 2. The maximum absolute atomic E-state index is 11.6. The summed E-state index contributed by atoms with van der Waals surface area (Å²) in [6, 6.07) is 0.513. The lowest BCUT2D eigenvalue weighted by Crippen LogP contribution is -2.35. The highest BCUT2D eigenvalue weighted by molar-refractivity contribution is 5.75. The molecule has 1 saturated heterocycles. The molecule has 1 fully saturated rings. The van der Waals surface area contributed by atoms with E-state index in [1.54, 1.807) is 0 Å². The Bertz CT molecular complexity index is 263. The van der Waals surface area contributed by atoms with Gasteiger partial charge in [0.2, 0.25) is 11.8 Å². The largest absolute Gasteiger partial charge is 0.370 e. The van der Waals surface area contributed by atoms with Gasteiger partial charge in [0.05, 0.1) is 0 Å². The Morgan fingerprint density at radius 3 is 2.72 bits per heavy atom. The monoisotopic (exact) mass is 255 g/mol. The molecule has 0 aromatic rings. The van der Waals surface area contributed by atoms with Gasteiger partial charge >= 0.3 is 0 Å². The molecule has 1 unspecified atom stereocenters. The number of primary amides is 1. The first-order valence-electron chi connectivity index (χ1n) is 6.97. The number of piperidine rings is 1. The van der Waals surface area contributed by atoms with Gasteiger partial charge in [0, 0.05) is 25.4 Å². The van der Waals surface area contributed by atoms with Crippen molar-refractivity contribution in [3.8, 4) is 0 Å². The number of hydrogen-bond acceptors (Lipinski definition) is 3. The fourth-order valence-electron chi connectivity index (χ4n) is 2.22. The van der Waals surface area contributed by atoms with Crippen LogP contribution in [0.2, 0.25) is 0 Å². The van der Waals surface area contributed by atoms with Crippen LogP contribution in [0.4, 0.5) is 0 Å². The third-order valence-corrected chi connectivity index (χ3v) is 3.30. The third-order valence-electron chi connectivity index (χ3n) is 3.30. The first kappa shape index (κ1) is 15.0. The minimum absolute atomic E-state index is 0.112. The molecule has 4 N–H and O–H groups in total. The Morgan fingerprint density at radius 2 is 2.06 bits per heavy atom. The van der Waals surface area contributed by atoms with Crippen LogP contribution in [0.1, 0.15) is 51.4 Å². The van der Waals surface area contributed by atoms with Gasteiger partial charge in [-0.05, 0) is 38.6 Å². The van der Waals surface area contributed by atoms with Gasteiger partial charge in [0.25, 0.3) is 0 Å². The number of rotatable bonds is 8. The van der Waals surface area contributed by atoms with Crippen molar-refractivity contribution in [2.75, 3.05) is 13.1 Å². The van der Waals surface area contributed by atoms with E-state index in [1.165, 1.54) is 19.3 Å². The van der Waals surface area contributed by atoms with Crippen molar-refractivity contribution in [2.45, 2.75) is 57.4 Å². The Balaban J connectivity index is 1.94. The Labute approximate surface area is 109 Å². The van der Waals surface area contributed by atoms with E-state index in [2.05, 4.69) is 10.6 Å². The van der Waals surface area contributed by atoms with Gasteiger partial charge in [-0.15, -0.1) is 0 Å². The SMILES string of the molecule is NC(=O)CCCCNC(=O)CCC1CCCCN1. The molecule has 5 heteroatoms. The summed E-state index contributed by atoms with van der Waals surface area (Å²) in [5.41, 5.74) is 5.03. The molecule has 18 heavy (non-hydrogen) atoms. The lowest BCUT2D eigenvalue weighted by molar-refractivity contribution is -0.121. The molecule has 0 aromatic carbocycles.